The van der Waals surface area contributed by atoms with Gasteiger partial charge in [-0.3, -0.25) is 0 Å². The molecule has 154 valence electrons. The molecule has 0 spiro atoms. The Labute approximate surface area is 174 Å². The minimum atomic E-state index is 0.0464. The predicted molar refractivity (Wildman–Crippen MR) is 122 cm³/mol. The van der Waals surface area contributed by atoms with E-state index in [0.717, 1.165) is 34.9 Å². The van der Waals surface area contributed by atoms with Gasteiger partial charge in [0, 0.05) is 28.7 Å². The van der Waals surface area contributed by atoms with E-state index in [-0.39, 0.29) is 5.54 Å². The first kappa shape index (κ1) is 20.9. The lowest BCUT2D eigenvalue weighted by Gasteiger charge is -2.29. The lowest BCUT2D eigenvalue weighted by molar-refractivity contribution is 0.313. The van der Waals surface area contributed by atoms with Crippen molar-refractivity contribution in [2.45, 2.75) is 52.5 Å². The molecular formula is C24H33N5. The minimum absolute atomic E-state index is 0.0464. The lowest BCUT2D eigenvalue weighted by atomic mass is 9.86. The van der Waals surface area contributed by atoms with Crippen molar-refractivity contribution in [2.24, 2.45) is 11.8 Å². The molecule has 1 unspecified atom stereocenters. The van der Waals surface area contributed by atoms with E-state index in [2.05, 4.69) is 78.6 Å². The first-order valence-corrected chi connectivity index (χ1v) is 10.3. The molecule has 5 heteroatoms. The minimum Gasteiger partial charge on any atom is -0.380 e. The average Bonchev–Trinajstić information content (AvgIpc) is 3.44. The maximum Gasteiger partial charge on any atom is 0.135 e. The van der Waals surface area contributed by atoms with Crippen molar-refractivity contribution in [1.82, 2.24) is 15.3 Å². The van der Waals surface area contributed by atoms with Crippen molar-refractivity contribution in [2.75, 3.05) is 10.6 Å². The lowest BCUT2D eigenvalue weighted by Crippen LogP contribution is -2.40. The molecule has 0 bridgehead atoms. The fourth-order valence-electron chi connectivity index (χ4n) is 3.28. The second kappa shape index (κ2) is 8.27. The number of rotatable bonds is 8. The summed E-state index contributed by atoms with van der Waals surface area (Å²) in [5.41, 5.74) is 5.12. The van der Waals surface area contributed by atoms with E-state index in [0.29, 0.717) is 17.7 Å². The summed E-state index contributed by atoms with van der Waals surface area (Å²) >= 11 is 0. The van der Waals surface area contributed by atoms with Gasteiger partial charge in [-0.1, -0.05) is 39.7 Å². The normalized spacial score (nSPS) is 23.3. The summed E-state index contributed by atoms with van der Waals surface area (Å²) in [6, 6.07) is 1.89. The molecule has 1 atom stereocenters. The van der Waals surface area contributed by atoms with Gasteiger partial charge in [0.1, 0.15) is 18.0 Å². The molecule has 1 aliphatic heterocycles. The van der Waals surface area contributed by atoms with E-state index in [1.807, 2.05) is 13.0 Å². The summed E-state index contributed by atoms with van der Waals surface area (Å²) in [4.78, 5) is 8.64. The third-order valence-electron chi connectivity index (χ3n) is 5.86. The van der Waals surface area contributed by atoms with Crippen molar-refractivity contribution < 1.29 is 0 Å². The Hall–Kier alpha value is -2.82. The summed E-state index contributed by atoms with van der Waals surface area (Å²) in [6.07, 6.45) is 9.08. The highest BCUT2D eigenvalue weighted by molar-refractivity contribution is 5.55. The van der Waals surface area contributed by atoms with Gasteiger partial charge >= 0.3 is 0 Å². The largest absolute Gasteiger partial charge is 0.380 e. The summed E-state index contributed by atoms with van der Waals surface area (Å²) in [6.45, 7) is 21.1. The van der Waals surface area contributed by atoms with Crippen LogP contribution in [0.3, 0.4) is 0 Å². The fraction of sp³-hybridized carbons (Fsp3) is 0.417. The number of hydrogen-bond acceptors (Lipinski definition) is 5. The number of allylic oxidation sites excluding steroid dienone is 5. The first-order chi connectivity index (χ1) is 13.7. The highest BCUT2D eigenvalue weighted by atomic mass is 15.1. The van der Waals surface area contributed by atoms with Crippen LogP contribution >= 0.6 is 0 Å². The third kappa shape index (κ3) is 5.17. The van der Waals surface area contributed by atoms with E-state index in [4.69, 9.17) is 0 Å². The van der Waals surface area contributed by atoms with Crippen molar-refractivity contribution in [3.63, 3.8) is 0 Å². The molecule has 1 aliphatic carbocycles. The molecular weight excluding hydrogens is 358 g/mol. The van der Waals surface area contributed by atoms with Gasteiger partial charge in [-0.25, -0.2) is 9.97 Å². The summed E-state index contributed by atoms with van der Waals surface area (Å²) in [5, 5.41) is 10.2. The van der Waals surface area contributed by atoms with Crippen LogP contribution in [0.1, 0.15) is 47.0 Å². The summed E-state index contributed by atoms with van der Waals surface area (Å²) in [7, 11) is 0. The van der Waals surface area contributed by atoms with Crippen molar-refractivity contribution in [1.29, 1.82) is 0 Å². The maximum absolute atomic E-state index is 4.35. The molecule has 2 fully saturated rings. The summed E-state index contributed by atoms with van der Waals surface area (Å²) < 4.78 is 0. The van der Waals surface area contributed by atoms with E-state index in [1.54, 1.807) is 6.33 Å². The molecule has 0 aromatic carbocycles. The molecule has 1 saturated carbocycles. The highest BCUT2D eigenvalue weighted by Crippen LogP contribution is 2.36. The van der Waals surface area contributed by atoms with E-state index < -0.39 is 0 Å². The monoisotopic (exact) mass is 391 g/mol. The van der Waals surface area contributed by atoms with Gasteiger partial charge < -0.3 is 16.0 Å². The number of nitrogens with zero attached hydrogens (tertiary/aromatic N) is 2. The molecule has 5 nitrogen and oxygen atoms in total. The van der Waals surface area contributed by atoms with Gasteiger partial charge in [0.25, 0.3) is 0 Å². The van der Waals surface area contributed by atoms with Gasteiger partial charge in [-0.2, -0.15) is 0 Å². The zero-order chi connectivity index (χ0) is 21.2. The maximum atomic E-state index is 4.35. The zero-order valence-electron chi connectivity index (χ0n) is 18.1. The molecule has 2 heterocycles. The second-order valence-corrected chi connectivity index (χ2v) is 8.74. The molecule has 3 rings (SSSR count). The Bertz CT molecular complexity index is 888. The molecule has 2 aliphatic rings. The number of nitrogens with one attached hydrogen (secondary N) is 3. The zero-order valence-corrected chi connectivity index (χ0v) is 18.1. The molecule has 0 radical (unpaired) electrons. The fourth-order valence-corrected chi connectivity index (χ4v) is 3.28. The van der Waals surface area contributed by atoms with Gasteiger partial charge in [0.05, 0.1) is 0 Å². The Morgan fingerprint density at radius 1 is 1.24 bits per heavy atom. The molecule has 3 N–H and O–H groups in total. The number of anilines is 2. The Kier molecular flexibility index (Phi) is 5.96. The third-order valence-corrected chi connectivity index (χ3v) is 5.86. The Morgan fingerprint density at radius 2 is 1.90 bits per heavy atom. The van der Waals surface area contributed by atoms with Gasteiger partial charge in [0.15, 0.2) is 0 Å². The number of hydrogen-bond donors (Lipinski definition) is 3. The first-order valence-electron chi connectivity index (χ1n) is 10.3. The molecule has 1 aromatic rings. The van der Waals surface area contributed by atoms with Crippen LogP contribution in [0.2, 0.25) is 0 Å². The van der Waals surface area contributed by atoms with Crippen LogP contribution < -0.4 is 16.0 Å². The topological polar surface area (TPSA) is 61.9 Å². The van der Waals surface area contributed by atoms with Crippen molar-refractivity contribution in [3.05, 3.63) is 72.5 Å². The average molecular weight is 392 g/mol. The van der Waals surface area contributed by atoms with E-state index >= 15 is 0 Å². The Balaban J connectivity index is 1.74. The van der Waals surface area contributed by atoms with Crippen LogP contribution in [-0.4, -0.2) is 15.5 Å². The van der Waals surface area contributed by atoms with Crippen LogP contribution in [-0.2, 0) is 0 Å². The van der Waals surface area contributed by atoms with Crippen molar-refractivity contribution >= 4 is 11.6 Å². The van der Waals surface area contributed by atoms with Crippen LogP contribution in [0.4, 0.5) is 11.6 Å². The predicted octanol–water partition coefficient (Wildman–Crippen LogP) is 5.53. The standard InChI is InChI=1S/C24H33N5/c1-15(2)21(11-10-20-13-24(7,16(3)4)29-18(20)6)28-23-12-22(25-14-26-23)27-17(5)19-8-9-19/h10-12,14,16,19,29H,1,5-6,8-9,13H2,2-4,7H3,(H2,25,26,27,28)/b20-10+,21-11+. The van der Waals surface area contributed by atoms with Crippen molar-refractivity contribution in [3.8, 4) is 0 Å². The van der Waals surface area contributed by atoms with Crippen LogP contribution in [0, 0.1) is 11.8 Å². The molecule has 29 heavy (non-hydrogen) atoms. The van der Waals surface area contributed by atoms with Crippen LogP contribution in [0.5, 0.6) is 0 Å². The van der Waals surface area contributed by atoms with Gasteiger partial charge in [0.2, 0.25) is 0 Å². The molecule has 1 saturated heterocycles. The Morgan fingerprint density at radius 3 is 2.45 bits per heavy atom. The van der Waals surface area contributed by atoms with E-state index in [1.165, 1.54) is 18.4 Å². The number of aromatic nitrogens is 2. The van der Waals surface area contributed by atoms with Gasteiger partial charge in [-0.15, -0.1) is 0 Å². The SMILES string of the molecule is C=C1NC(C)(C(C)C)C/C1=C\C=C(\Nc1cc(NC(=C)C2CC2)ncn1)C(=C)C. The molecule has 0 amide bonds. The van der Waals surface area contributed by atoms with Gasteiger partial charge in [-0.05, 0) is 62.2 Å². The van der Waals surface area contributed by atoms with Crippen LogP contribution in [0.15, 0.2) is 72.5 Å². The second-order valence-electron chi connectivity index (χ2n) is 8.74. The van der Waals surface area contributed by atoms with E-state index in [9.17, 15) is 0 Å². The molecule has 1 aromatic heterocycles. The highest BCUT2D eigenvalue weighted by Gasteiger charge is 2.35. The summed E-state index contributed by atoms with van der Waals surface area (Å²) in [5.74, 6) is 2.56. The quantitative estimate of drug-likeness (QED) is 0.508. The smallest absolute Gasteiger partial charge is 0.135 e. The van der Waals surface area contributed by atoms with Crippen LogP contribution in [0.25, 0.3) is 0 Å².